The van der Waals surface area contributed by atoms with Gasteiger partial charge in [0.15, 0.2) is 0 Å². The topological polar surface area (TPSA) is 97.1 Å². The molecule has 2 aromatic heterocycles. The molecule has 5 rings (SSSR count). The summed E-state index contributed by atoms with van der Waals surface area (Å²) in [5, 5.41) is 16.4. The van der Waals surface area contributed by atoms with E-state index in [9.17, 15) is 0 Å². The molecule has 178 valence electrons. The molecule has 9 heteroatoms. The summed E-state index contributed by atoms with van der Waals surface area (Å²) in [4.78, 5) is 15.6. The van der Waals surface area contributed by atoms with Crippen molar-refractivity contribution in [1.29, 1.82) is 5.26 Å². The highest BCUT2D eigenvalue weighted by Gasteiger charge is 2.20. The number of aromatic nitrogens is 3. The Labute approximate surface area is 203 Å². The van der Waals surface area contributed by atoms with Gasteiger partial charge in [-0.05, 0) is 42.4 Å². The third kappa shape index (κ3) is 5.03. The van der Waals surface area contributed by atoms with Gasteiger partial charge in [0.2, 0.25) is 11.5 Å². The van der Waals surface area contributed by atoms with Gasteiger partial charge in [0.25, 0.3) is 0 Å². The number of nitrogens with one attached hydrogen (secondary N) is 4. The summed E-state index contributed by atoms with van der Waals surface area (Å²) in [5.41, 5.74) is 3.78. The van der Waals surface area contributed by atoms with Crippen molar-refractivity contribution < 1.29 is 9.37 Å². The summed E-state index contributed by atoms with van der Waals surface area (Å²) < 4.78 is 15.0. The number of anilines is 5. The molecule has 1 aliphatic heterocycles. The van der Waals surface area contributed by atoms with E-state index in [0.29, 0.717) is 29.6 Å². The predicted molar refractivity (Wildman–Crippen MR) is 136 cm³/mol. The van der Waals surface area contributed by atoms with Crippen LogP contribution in [-0.2, 0) is 6.42 Å². The van der Waals surface area contributed by atoms with E-state index in [1.54, 1.807) is 0 Å². The van der Waals surface area contributed by atoms with Crippen LogP contribution in [0.5, 0.6) is 0 Å². The number of hydrogen-bond acceptors (Lipinski definition) is 6. The zero-order chi connectivity index (χ0) is 24.2. The van der Waals surface area contributed by atoms with Gasteiger partial charge in [0.05, 0.1) is 29.3 Å². The molecule has 8 nitrogen and oxygen atoms in total. The maximum atomic E-state index is 15.0. The number of hydrogen-bond donors (Lipinski definition) is 3. The number of fused-ring (bicyclic) bond motifs is 1. The average molecular weight is 472 g/mol. The Balaban J connectivity index is 1.37. The zero-order valence-corrected chi connectivity index (χ0v) is 19.6. The van der Waals surface area contributed by atoms with Crippen LogP contribution < -0.4 is 20.5 Å². The molecule has 0 bridgehead atoms. The van der Waals surface area contributed by atoms with Crippen LogP contribution in [0.4, 0.5) is 33.2 Å². The summed E-state index contributed by atoms with van der Waals surface area (Å²) in [5.74, 6) is 0.857. The van der Waals surface area contributed by atoms with Gasteiger partial charge in [-0.15, -0.1) is 0 Å². The summed E-state index contributed by atoms with van der Waals surface area (Å²) in [7, 11) is 0. The number of nitriles is 1. The molecule has 2 aromatic carbocycles. The predicted octanol–water partition coefficient (Wildman–Crippen LogP) is 4.21. The lowest BCUT2D eigenvalue weighted by Crippen LogP contribution is -2.46. The van der Waals surface area contributed by atoms with Crippen molar-refractivity contribution in [2.45, 2.75) is 13.3 Å². The average Bonchev–Trinajstić information content (AvgIpc) is 3.34. The normalized spacial score (nSPS) is 14.1. The van der Waals surface area contributed by atoms with Crippen LogP contribution in [0.2, 0.25) is 0 Å². The molecule has 0 spiro atoms. The molecule has 1 saturated heterocycles. The molecular weight excluding hydrogens is 443 g/mol. The smallest absolute Gasteiger partial charge is 0.351 e. The quantitative estimate of drug-likeness (QED) is 0.374. The lowest BCUT2D eigenvalue weighted by Gasteiger charge is -2.35. The number of nitrogens with zero attached hydrogens (tertiary/aromatic N) is 4. The van der Waals surface area contributed by atoms with Gasteiger partial charge in [-0.3, -0.25) is 10.3 Å². The first-order chi connectivity index (χ1) is 17.1. The highest BCUT2D eigenvalue weighted by atomic mass is 19.1. The van der Waals surface area contributed by atoms with Crippen LogP contribution in [0.3, 0.4) is 0 Å². The molecule has 3 heterocycles. The molecule has 1 fully saturated rings. The second-order valence-corrected chi connectivity index (χ2v) is 8.57. The van der Waals surface area contributed by atoms with Crippen LogP contribution in [0, 0.1) is 17.1 Å². The minimum absolute atomic E-state index is 0.256. The standard InChI is InChI=1S/C26H27FN8/c1-2-34-12-14-35(15-13-34)23-7-6-20(17-22(23)27)31-26-32-24-21(9-11-29-24)25(33-26)30-19-5-3-4-18(16-19)8-10-28/h3-7,9,11,16-17H,2,8,12-15H2,1H3,(H3,29,30,31,32,33)/p+1. The second-order valence-electron chi connectivity index (χ2n) is 8.57. The highest BCUT2D eigenvalue weighted by molar-refractivity contribution is 5.88. The molecular formula is C26H28FN8+. The third-order valence-corrected chi connectivity index (χ3v) is 6.31. The first-order valence-corrected chi connectivity index (χ1v) is 11.8. The van der Waals surface area contributed by atoms with Crippen molar-refractivity contribution in [1.82, 2.24) is 14.9 Å². The Hall–Kier alpha value is -4.16. The summed E-state index contributed by atoms with van der Waals surface area (Å²) in [6.07, 6.45) is 2.17. The first-order valence-electron chi connectivity index (χ1n) is 11.8. The Morgan fingerprint density at radius 1 is 1.09 bits per heavy atom. The monoisotopic (exact) mass is 471 g/mol. The second kappa shape index (κ2) is 9.99. The maximum Gasteiger partial charge on any atom is 0.351 e. The molecule has 35 heavy (non-hydrogen) atoms. The van der Waals surface area contributed by atoms with E-state index in [-0.39, 0.29) is 5.82 Å². The molecule has 1 aliphatic rings. The first kappa shape index (κ1) is 22.6. The maximum absolute atomic E-state index is 15.0. The molecule has 4 aromatic rings. The van der Waals surface area contributed by atoms with E-state index in [1.165, 1.54) is 6.07 Å². The van der Waals surface area contributed by atoms with Crippen LogP contribution >= 0.6 is 0 Å². The van der Waals surface area contributed by atoms with E-state index < -0.39 is 0 Å². The number of halogens is 1. The van der Waals surface area contributed by atoms with Gasteiger partial charge >= 0.3 is 5.95 Å². The Morgan fingerprint density at radius 3 is 2.69 bits per heavy atom. The number of rotatable bonds is 7. The van der Waals surface area contributed by atoms with Gasteiger partial charge in [-0.2, -0.15) is 5.26 Å². The molecule has 0 aliphatic carbocycles. The van der Waals surface area contributed by atoms with E-state index in [4.69, 9.17) is 10.2 Å². The van der Waals surface area contributed by atoms with Crippen LogP contribution in [-0.4, -0.2) is 47.6 Å². The van der Waals surface area contributed by atoms with E-state index >= 15 is 4.39 Å². The number of H-pyrrole nitrogens is 2. The fourth-order valence-corrected chi connectivity index (χ4v) is 4.41. The largest absolute Gasteiger partial charge is 0.367 e. The summed E-state index contributed by atoms with van der Waals surface area (Å²) in [6.45, 7) is 6.71. The SMILES string of the molecule is CCN1CCN(c2ccc(Nc3nc(Nc4cccc(CC#N)c4)c4cc[nH]c4[nH+]3)cc2F)CC1. The van der Waals surface area contributed by atoms with Crippen LogP contribution in [0.1, 0.15) is 12.5 Å². The minimum atomic E-state index is -0.256. The van der Waals surface area contributed by atoms with Crippen LogP contribution in [0.15, 0.2) is 54.7 Å². The molecule has 0 amide bonds. The van der Waals surface area contributed by atoms with Crippen molar-refractivity contribution in [3.8, 4) is 6.07 Å². The van der Waals surface area contributed by atoms with Crippen molar-refractivity contribution in [3.05, 3.63) is 66.1 Å². The molecule has 0 atom stereocenters. The third-order valence-electron chi connectivity index (χ3n) is 6.31. The lowest BCUT2D eigenvalue weighted by atomic mass is 10.1. The summed E-state index contributed by atoms with van der Waals surface area (Å²) >= 11 is 0. The van der Waals surface area contributed by atoms with Gasteiger partial charge in [-0.1, -0.05) is 24.0 Å². The molecule has 0 saturated carbocycles. The number of piperazine rings is 1. The van der Waals surface area contributed by atoms with Gasteiger partial charge in [0.1, 0.15) is 5.82 Å². The van der Waals surface area contributed by atoms with Gasteiger partial charge in [0, 0.05) is 44.1 Å². The van der Waals surface area contributed by atoms with Gasteiger partial charge < -0.3 is 15.1 Å². The molecule has 4 N–H and O–H groups in total. The lowest BCUT2D eigenvalue weighted by molar-refractivity contribution is -0.333. The fraction of sp³-hybridized carbons (Fsp3) is 0.269. The summed E-state index contributed by atoms with van der Waals surface area (Å²) in [6, 6.07) is 17.0. The minimum Gasteiger partial charge on any atom is -0.367 e. The molecule has 0 radical (unpaired) electrons. The number of likely N-dealkylation sites (N-methyl/N-ethyl adjacent to an activating group) is 1. The zero-order valence-electron chi connectivity index (χ0n) is 19.6. The van der Waals surface area contributed by atoms with Crippen molar-refractivity contribution in [3.63, 3.8) is 0 Å². The van der Waals surface area contributed by atoms with Crippen molar-refractivity contribution >= 4 is 39.9 Å². The van der Waals surface area contributed by atoms with E-state index in [0.717, 1.165) is 55.0 Å². The Bertz CT molecular complexity index is 1370. The molecule has 0 unspecified atom stereocenters. The van der Waals surface area contributed by atoms with E-state index in [2.05, 4.69) is 43.4 Å². The number of aromatic amines is 2. The van der Waals surface area contributed by atoms with E-state index in [1.807, 2.05) is 48.7 Å². The van der Waals surface area contributed by atoms with Crippen LogP contribution in [0.25, 0.3) is 11.0 Å². The van der Waals surface area contributed by atoms with Crippen molar-refractivity contribution in [2.75, 3.05) is 48.3 Å². The Morgan fingerprint density at radius 2 is 1.91 bits per heavy atom. The Kier molecular flexibility index (Phi) is 6.46. The number of benzene rings is 2. The highest BCUT2D eigenvalue weighted by Crippen LogP contribution is 2.27. The van der Waals surface area contributed by atoms with Gasteiger partial charge in [-0.25, -0.2) is 9.37 Å². The fourth-order valence-electron chi connectivity index (χ4n) is 4.41. The van der Waals surface area contributed by atoms with Crippen molar-refractivity contribution in [2.24, 2.45) is 0 Å².